The van der Waals surface area contributed by atoms with Gasteiger partial charge in [-0.2, -0.15) is 0 Å². The van der Waals surface area contributed by atoms with Crippen LogP contribution < -0.4 is 10.9 Å². The Balaban J connectivity index is 2.43. The third kappa shape index (κ3) is 6.55. The minimum atomic E-state index is -0.496. The highest BCUT2D eigenvalue weighted by Crippen LogP contribution is 2.18. The van der Waals surface area contributed by atoms with Gasteiger partial charge in [-0.25, -0.2) is 0 Å². The number of rotatable bonds is 9. The van der Waals surface area contributed by atoms with E-state index >= 15 is 0 Å². The number of carbonyl (C=O) groups is 2. The Kier molecular flexibility index (Phi) is 7.88. The summed E-state index contributed by atoms with van der Waals surface area (Å²) in [5, 5.41) is 0. The van der Waals surface area contributed by atoms with Crippen LogP contribution in [0.2, 0.25) is 0 Å². The molecule has 0 bridgehead atoms. The van der Waals surface area contributed by atoms with Gasteiger partial charge in [0.25, 0.3) is 0 Å². The van der Waals surface area contributed by atoms with Gasteiger partial charge in [0, 0.05) is 12.1 Å². The van der Waals surface area contributed by atoms with Crippen LogP contribution in [-0.4, -0.2) is 18.5 Å². The molecular weight excluding hydrogens is 292 g/mol. The summed E-state index contributed by atoms with van der Waals surface area (Å²) in [6.07, 6.45) is 1.02. The van der Waals surface area contributed by atoms with Gasteiger partial charge in [0.15, 0.2) is 0 Å². The number of amides is 1. The lowest BCUT2D eigenvalue weighted by molar-refractivity contribution is -0.148. The normalized spacial score (nSPS) is 11.7. The molecule has 0 fully saturated rings. The molecule has 126 valence electrons. The molecule has 0 heterocycles. The average molecular weight is 318 g/mol. The van der Waals surface area contributed by atoms with Gasteiger partial charge in [0.1, 0.15) is 0 Å². The van der Waals surface area contributed by atoms with E-state index in [9.17, 15) is 9.59 Å². The van der Waals surface area contributed by atoms with Gasteiger partial charge >= 0.3 is 5.97 Å². The molecule has 0 saturated carbocycles. The minimum absolute atomic E-state index is 0.0234. The van der Waals surface area contributed by atoms with Crippen LogP contribution in [0.25, 0.3) is 0 Å². The van der Waals surface area contributed by atoms with Crippen LogP contribution in [0.1, 0.15) is 32.8 Å². The number of ether oxygens (including phenoxy) is 1. The van der Waals surface area contributed by atoms with Crippen molar-refractivity contribution in [2.45, 2.75) is 33.6 Å². The van der Waals surface area contributed by atoms with Crippen LogP contribution in [0.5, 0.6) is 0 Å². The molecule has 0 saturated heterocycles. The highest BCUT2D eigenvalue weighted by Gasteiger charge is 2.26. The summed E-state index contributed by atoms with van der Waals surface area (Å²) in [6.45, 7) is 9.74. The molecule has 1 aromatic rings. The second-order valence-electron chi connectivity index (χ2n) is 5.66. The second-order valence-corrected chi connectivity index (χ2v) is 5.66. The van der Waals surface area contributed by atoms with Crippen LogP contribution in [0, 0.1) is 11.8 Å². The van der Waals surface area contributed by atoms with E-state index < -0.39 is 5.92 Å². The van der Waals surface area contributed by atoms with Gasteiger partial charge in [0.2, 0.25) is 5.91 Å². The lowest BCUT2D eigenvalue weighted by Gasteiger charge is -2.22. The first-order valence-electron chi connectivity index (χ1n) is 7.89. The summed E-state index contributed by atoms with van der Waals surface area (Å²) in [6, 6.07) is 9.79. The summed E-state index contributed by atoms with van der Waals surface area (Å²) in [5.41, 5.74) is 6.87. The van der Waals surface area contributed by atoms with Crippen molar-refractivity contribution >= 4 is 11.9 Å². The van der Waals surface area contributed by atoms with Gasteiger partial charge in [-0.15, -0.1) is 0 Å². The predicted molar refractivity (Wildman–Crippen MR) is 90.1 cm³/mol. The van der Waals surface area contributed by atoms with Crippen LogP contribution in [0.3, 0.4) is 0 Å². The van der Waals surface area contributed by atoms with Crippen molar-refractivity contribution < 1.29 is 14.3 Å². The second kappa shape index (κ2) is 9.66. The standard InChI is InChI=1S/C18H26N2O3/c1-5-23-18(22)17(13(2)3)14(4)19-20-16(21)12-11-15-9-7-6-8-10-15/h6-10,13,17,19H,4-5,11-12H2,1-3H3,(H,20,21). The number of nitrogens with one attached hydrogen (secondary N) is 2. The molecule has 0 aromatic heterocycles. The topological polar surface area (TPSA) is 67.4 Å². The van der Waals surface area contributed by atoms with Gasteiger partial charge in [0.05, 0.1) is 12.5 Å². The Morgan fingerprint density at radius 2 is 1.83 bits per heavy atom. The Hall–Kier alpha value is -2.30. The molecule has 1 unspecified atom stereocenters. The quantitative estimate of drug-likeness (QED) is 0.542. The van der Waals surface area contributed by atoms with Gasteiger partial charge in [-0.05, 0) is 24.8 Å². The molecule has 5 heteroatoms. The Morgan fingerprint density at radius 3 is 2.39 bits per heavy atom. The molecule has 1 atom stereocenters. The number of carbonyl (C=O) groups excluding carboxylic acids is 2. The molecule has 2 N–H and O–H groups in total. The monoisotopic (exact) mass is 318 g/mol. The molecule has 0 aliphatic rings. The summed E-state index contributed by atoms with van der Waals surface area (Å²) >= 11 is 0. The van der Waals surface area contributed by atoms with E-state index in [-0.39, 0.29) is 17.8 Å². The molecular formula is C18H26N2O3. The molecule has 0 spiro atoms. The predicted octanol–water partition coefficient (Wildman–Crippen LogP) is 2.59. The molecule has 1 rings (SSSR count). The SMILES string of the molecule is C=C(NNC(=O)CCc1ccccc1)C(C(=O)OCC)C(C)C. The van der Waals surface area contributed by atoms with E-state index in [4.69, 9.17) is 4.74 Å². The molecule has 1 aromatic carbocycles. The average Bonchev–Trinajstić information content (AvgIpc) is 2.52. The lowest BCUT2D eigenvalue weighted by atomic mass is 9.93. The van der Waals surface area contributed by atoms with E-state index in [1.54, 1.807) is 6.92 Å². The van der Waals surface area contributed by atoms with Crippen molar-refractivity contribution in [2.75, 3.05) is 6.61 Å². The fraction of sp³-hybridized carbons (Fsp3) is 0.444. The Labute approximate surface area is 138 Å². The van der Waals surface area contributed by atoms with Crippen molar-refractivity contribution in [3.8, 4) is 0 Å². The fourth-order valence-electron chi connectivity index (χ4n) is 2.24. The first kappa shape index (κ1) is 18.7. The first-order valence-corrected chi connectivity index (χ1v) is 7.89. The van der Waals surface area contributed by atoms with E-state index in [0.717, 1.165) is 5.56 Å². The van der Waals surface area contributed by atoms with E-state index in [1.807, 2.05) is 44.2 Å². The van der Waals surface area contributed by atoms with Crippen LogP contribution >= 0.6 is 0 Å². The number of hydrazine groups is 1. The number of benzene rings is 1. The van der Waals surface area contributed by atoms with Crippen LogP contribution in [0.15, 0.2) is 42.6 Å². The van der Waals surface area contributed by atoms with Crippen molar-refractivity contribution in [3.63, 3.8) is 0 Å². The summed E-state index contributed by atoms with van der Waals surface area (Å²) < 4.78 is 5.05. The number of hydrogen-bond donors (Lipinski definition) is 2. The van der Waals surface area contributed by atoms with Gasteiger partial charge in [-0.1, -0.05) is 50.8 Å². The van der Waals surface area contributed by atoms with Crippen molar-refractivity contribution in [2.24, 2.45) is 11.8 Å². The maximum Gasteiger partial charge on any atom is 0.315 e. The van der Waals surface area contributed by atoms with E-state index in [1.165, 1.54) is 0 Å². The molecule has 0 radical (unpaired) electrons. The fourth-order valence-corrected chi connectivity index (χ4v) is 2.24. The van der Waals surface area contributed by atoms with Gasteiger partial charge < -0.3 is 10.2 Å². The van der Waals surface area contributed by atoms with Crippen molar-refractivity contribution in [3.05, 3.63) is 48.2 Å². The van der Waals surface area contributed by atoms with E-state index in [2.05, 4.69) is 17.4 Å². The minimum Gasteiger partial charge on any atom is -0.465 e. The maximum atomic E-state index is 11.9. The Bertz CT molecular complexity index is 526. The molecule has 1 amide bonds. The Morgan fingerprint density at radius 1 is 1.17 bits per heavy atom. The third-order valence-corrected chi connectivity index (χ3v) is 3.43. The number of hydrogen-bond acceptors (Lipinski definition) is 4. The highest BCUT2D eigenvalue weighted by molar-refractivity contribution is 5.77. The maximum absolute atomic E-state index is 11.9. The van der Waals surface area contributed by atoms with Crippen LogP contribution in [0.4, 0.5) is 0 Å². The summed E-state index contributed by atoms with van der Waals surface area (Å²) in [5.74, 6) is -0.959. The van der Waals surface area contributed by atoms with Crippen molar-refractivity contribution in [1.29, 1.82) is 0 Å². The number of esters is 1. The zero-order valence-corrected chi connectivity index (χ0v) is 14.1. The van der Waals surface area contributed by atoms with E-state index in [0.29, 0.717) is 25.1 Å². The molecule has 0 aliphatic heterocycles. The highest BCUT2D eigenvalue weighted by atomic mass is 16.5. The third-order valence-electron chi connectivity index (χ3n) is 3.43. The zero-order chi connectivity index (χ0) is 17.2. The number of aryl methyl sites for hydroxylation is 1. The molecule has 0 aliphatic carbocycles. The summed E-state index contributed by atoms with van der Waals surface area (Å²) in [4.78, 5) is 23.8. The van der Waals surface area contributed by atoms with Gasteiger partial charge in [-0.3, -0.25) is 15.0 Å². The smallest absolute Gasteiger partial charge is 0.315 e. The summed E-state index contributed by atoms with van der Waals surface area (Å²) in [7, 11) is 0. The lowest BCUT2D eigenvalue weighted by Crippen LogP contribution is -2.41. The molecule has 23 heavy (non-hydrogen) atoms. The molecule has 5 nitrogen and oxygen atoms in total. The van der Waals surface area contributed by atoms with Crippen LogP contribution in [-0.2, 0) is 20.7 Å². The first-order chi connectivity index (χ1) is 11.0. The largest absolute Gasteiger partial charge is 0.465 e. The van der Waals surface area contributed by atoms with Crippen molar-refractivity contribution in [1.82, 2.24) is 10.9 Å². The zero-order valence-electron chi connectivity index (χ0n) is 14.1.